The molecular formula is C23H19FN4O3. The Morgan fingerprint density at radius 3 is 2.71 bits per heavy atom. The van der Waals surface area contributed by atoms with Gasteiger partial charge in [-0.1, -0.05) is 30.3 Å². The molecule has 0 unspecified atom stereocenters. The molecule has 0 aliphatic heterocycles. The highest BCUT2D eigenvalue weighted by Crippen LogP contribution is 2.30. The number of aliphatic hydroxyl groups excluding tert-OH is 1. The van der Waals surface area contributed by atoms with Gasteiger partial charge in [-0.3, -0.25) is 0 Å². The molecule has 0 radical (unpaired) electrons. The Hall–Kier alpha value is -3.96. The molecule has 0 saturated carbocycles. The van der Waals surface area contributed by atoms with Crippen LogP contribution in [0.1, 0.15) is 17.8 Å². The van der Waals surface area contributed by atoms with Gasteiger partial charge in [0, 0.05) is 12.5 Å². The molecule has 7 nitrogen and oxygen atoms in total. The van der Waals surface area contributed by atoms with Crippen molar-refractivity contribution in [3.8, 4) is 29.7 Å². The van der Waals surface area contributed by atoms with Gasteiger partial charge in [0.2, 0.25) is 5.88 Å². The number of rotatable bonds is 8. The highest BCUT2D eigenvalue weighted by Gasteiger charge is 2.18. The lowest BCUT2D eigenvalue weighted by Gasteiger charge is -2.12. The number of aliphatic hydroxyl groups is 1. The van der Waals surface area contributed by atoms with Gasteiger partial charge in [-0.2, -0.15) is 10.1 Å². The number of hydrogen-bond acceptors (Lipinski definition) is 6. The van der Waals surface area contributed by atoms with Crippen molar-refractivity contribution in [1.29, 1.82) is 0 Å². The average Bonchev–Trinajstić information content (AvgIpc) is 3.22. The number of halogens is 1. The zero-order chi connectivity index (χ0) is 21.6. The first kappa shape index (κ1) is 20.3. The maximum atomic E-state index is 13.8. The molecule has 2 heterocycles. The number of ether oxygens (including phenoxy) is 2. The van der Waals surface area contributed by atoms with Crippen LogP contribution in [0.25, 0.3) is 16.7 Å². The third-order valence-corrected chi connectivity index (χ3v) is 4.45. The minimum Gasteiger partial charge on any atom is -0.490 e. The second kappa shape index (κ2) is 9.24. The minimum atomic E-state index is -0.450. The van der Waals surface area contributed by atoms with Crippen molar-refractivity contribution in [3.05, 3.63) is 71.9 Å². The van der Waals surface area contributed by atoms with E-state index in [0.29, 0.717) is 35.6 Å². The maximum Gasteiger partial charge on any atom is 0.228 e. The molecule has 0 saturated heterocycles. The summed E-state index contributed by atoms with van der Waals surface area (Å²) < 4.78 is 26.9. The molecule has 0 bridgehead atoms. The molecule has 31 heavy (non-hydrogen) atoms. The summed E-state index contributed by atoms with van der Waals surface area (Å²) in [5.74, 6) is 2.77. The molecule has 8 heteroatoms. The van der Waals surface area contributed by atoms with E-state index in [0.717, 1.165) is 5.56 Å². The average molecular weight is 418 g/mol. The molecule has 0 aliphatic carbocycles. The predicted molar refractivity (Wildman–Crippen MR) is 112 cm³/mol. The predicted octanol–water partition coefficient (Wildman–Crippen LogP) is 3.43. The Kier molecular flexibility index (Phi) is 6.05. The third-order valence-electron chi connectivity index (χ3n) is 4.45. The molecule has 4 aromatic rings. The molecule has 0 amide bonds. The Bertz CT molecular complexity index is 1240. The highest BCUT2D eigenvalue weighted by atomic mass is 19.1. The second-order valence-electron chi connectivity index (χ2n) is 6.59. The lowest BCUT2D eigenvalue weighted by Crippen LogP contribution is -2.07. The first-order valence-corrected chi connectivity index (χ1v) is 9.58. The van der Waals surface area contributed by atoms with Gasteiger partial charge in [0.05, 0.1) is 12.8 Å². The second-order valence-corrected chi connectivity index (χ2v) is 6.59. The van der Waals surface area contributed by atoms with Crippen LogP contribution in [0.3, 0.4) is 0 Å². The lowest BCUT2D eigenvalue weighted by molar-refractivity contribution is 0.262. The largest absolute Gasteiger partial charge is 0.490 e. The minimum absolute atomic E-state index is 0.175. The van der Waals surface area contributed by atoms with E-state index in [1.54, 1.807) is 6.20 Å². The van der Waals surface area contributed by atoms with Crippen LogP contribution >= 0.6 is 0 Å². The summed E-state index contributed by atoms with van der Waals surface area (Å²) in [5, 5.41) is 14.6. The molecule has 0 fully saturated rings. The van der Waals surface area contributed by atoms with E-state index in [9.17, 15) is 9.50 Å². The number of terminal acetylenes is 1. The maximum absolute atomic E-state index is 13.8. The van der Waals surface area contributed by atoms with E-state index in [2.05, 4.69) is 21.0 Å². The van der Waals surface area contributed by atoms with E-state index in [4.69, 9.17) is 15.9 Å². The smallest absolute Gasteiger partial charge is 0.228 e. The van der Waals surface area contributed by atoms with Gasteiger partial charge < -0.3 is 14.6 Å². The zero-order valence-corrected chi connectivity index (χ0v) is 16.5. The normalized spacial score (nSPS) is 10.7. The summed E-state index contributed by atoms with van der Waals surface area (Å²) in [6.07, 6.45) is 7.21. The topological polar surface area (TPSA) is 82.3 Å². The van der Waals surface area contributed by atoms with Gasteiger partial charge in [0.15, 0.2) is 11.5 Å². The van der Waals surface area contributed by atoms with Gasteiger partial charge in [-0.15, -0.1) is 12.3 Å². The lowest BCUT2D eigenvalue weighted by atomic mass is 10.2. The fraction of sp³-hybridized carbons (Fsp3) is 0.174. The van der Waals surface area contributed by atoms with Crippen LogP contribution in [0.15, 0.2) is 54.7 Å². The molecule has 1 N–H and O–H groups in total. The third kappa shape index (κ3) is 4.47. The molecule has 156 valence electrons. The Labute approximate surface area is 178 Å². The van der Waals surface area contributed by atoms with Crippen LogP contribution in [0.4, 0.5) is 4.39 Å². The first-order chi connectivity index (χ1) is 15.2. The van der Waals surface area contributed by atoms with Crippen molar-refractivity contribution < 1.29 is 19.0 Å². The summed E-state index contributed by atoms with van der Waals surface area (Å²) in [5.41, 5.74) is 1.84. The van der Waals surface area contributed by atoms with Crippen LogP contribution in [-0.2, 0) is 13.2 Å². The molecule has 0 atom stereocenters. The Morgan fingerprint density at radius 1 is 1.10 bits per heavy atom. The van der Waals surface area contributed by atoms with Crippen LogP contribution in [0, 0.1) is 18.2 Å². The van der Waals surface area contributed by atoms with Gasteiger partial charge in [0.25, 0.3) is 0 Å². The van der Waals surface area contributed by atoms with Crippen LogP contribution in [0.2, 0.25) is 0 Å². The van der Waals surface area contributed by atoms with E-state index >= 15 is 0 Å². The van der Waals surface area contributed by atoms with Gasteiger partial charge in [0.1, 0.15) is 35.9 Å². The van der Waals surface area contributed by atoms with Crippen LogP contribution in [-0.4, -0.2) is 31.5 Å². The first-order valence-electron chi connectivity index (χ1n) is 9.58. The number of nitrogens with zero attached hydrogens (tertiary/aromatic N) is 4. The van der Waals surface area contributed by atoms with Crippen molar-refractivity contribution in [2.75, 3.05) is 6.61 Å². The number of fused-ring (bicyclic) bond motifs is 1. The molecule has 2 aromatic heterocycles. The monoisotopic (exact) mass is 418 g/mol. The summed E-state index contributed by atoms with van der Waals surface area (Å²) in [4.78, 5) is 8.67. The van der Waals surface area contributed by atoms with Crippen molar-refractivity contribution in [2.24, 2.45) is 0 Å². The number of hydrogen-bond donors (Lipinski definition) is 1. The van der Waals surface area contributed by atoms with Crippen LogP contribution < -0.4 is 9.47 Å². The van der Waals surface area contributed by atoms with Crippen molar-refractivity contribution in [3.63, 3.8) is 0 Å². The number of aromatic nitrogens is 4. The van der Waals surface area contributed by atoms with E-state index in [-0.39, 0.29) is 24.8 Å². The Morgan fingerprint density at radius 2 is 1.94 bits per heavy atom. The molecule has 0 aliphatic rings. The summed E-state index contributed by atoms with van der Waals surface area (Å²) in [6, 6.07) is 13.7. The highest BCUT2D eigenvalue weighted by molar-refractivity contribution is 5.82. The van der Waals surface area contributed by atoms with Crippen molar-refractivity contribution >= 4 is 11.0 Å². The van der Waals surface area contributed by atoms with Gasteiger partial charge in [-0.25, -0.2) is 14.1 Å². The Balaban J connectivity index is 1.74. The molecule has 2 aromatic carbocycles. The zero-order valence-electron chi connectivity index (χ0n) is 16.5. The summed E-state index contributed by atoms with van der Waals surface area (Å²) in [7, 11) is 0. The summed E-state index contributed by atoms with van der Waals surface area (Å²) in [6.45, 7) is 0.145. The van der Waals surface area contributed by atoms with E-state index in [1.165, 1.54) is 22.9 Å². The van der Waals surface area contributed by atoms with Gasteiger partial charge in [-0.05, 0) is 17.7 Å². The quantitative estimate of drug-likeness (QED) is 0.349. The van der Waals surface area contributed by atoms with Crippen LogP contribution in [0.5, 0.6) is 11.6 Å². The molecular weight excluding hydrogens is 399 g/mol. The number of benzene rings is 2. The molecule has 0 spiro atoms. The van der Waals surface area contributed by atoms with Gasteiger partial charge >= 0.3 is 0 Å². The SMILES string of the molecule is C#CCCOc1cc(F)ccc1-n1ncc2c(OCc3ccccc3)nc(CO)nc21. The fourth-order valence-electron chi connectivity index (χ4n) is 3.01. The fourth-order valence-corrected chi connectivity index (χ4v) is 3.01. The van der Waals surface area contributed by atoms with Crippen molar-refractivity contribution in [1.82, 2.24) is 19.7 Å². The molecule has 4 rings (SSSR count). The standard InChI is InChI=1S/C23H19FN4O3/c1-2-3-11-30-20-12-17(24)9-10-19(20)28-22-18(13-25-28)23(27-21(14-29)26-22)31-15-16-7-5-4-6-8-16/h1,4-10,12-13,29H,3,11,14-15H2. The summed E-state index contributed by atoms with van der Waals surface area (Å²) >= 11 is 0. The van der Waals surface area contributed by atoms with E-state index < -0.39 is 5.82 Å². The van der Waals surface area contributed by atoms with E-state index in [1.807, 2.05) is 30.3 Å². The van der Waals surface area contributed by atoms with Crippen molar-refractivity contribution in [2.45, 2.75) is 19.6 Å².